The third-order valence-corrected chi connectivity index (χ3v) is 4.05. The predicted octanol–water partition coefficient (Wildman–Crippen LogP) is 5.59. The summed E-state index contributed by atoms with van der Waals surface area (Å²) in [5.41, 5.74) is -1.96. The van der Waals surface area contributed by atoms with E-state index < -0.39 is 32.1 Å². The quantitative estimate of drug-likeness (QED) is 0.381. The Balaban J connectivity index is 3.41. The maximum Gasteiger partial charge on any atom is 0.417 e. The van der Waals surface area contributed by atoms with Crippen LogP contribution in [0.3, 0.4) is 0 Å². The van der Waals surface area contributed by atoms with E-state index in [-0.39, 0.29) is 10.6 Å². The smallest absolute Gasteiger partial charge is 0.166 e. The molecule has 1 rings (SSSR count). The van der Waals surface area contributed by atoms with E-state index in [4.69, 9.17) is 0 Å². The normalized spacial score (nSPS) is 14.7. The van der Waals surface area contributed by atoms with Gasteiger partial charge < -0.3 is 0 Å². The lowest BCUT2D eigenvalue weighted by Crippen LogP contribution is -2.17. The van der Waals surface area contributed by atoms with Gasteiger partial charge in [-0.2, -0.15) is 26.3 Å². The van der Waals surface area contributed by atoms with Crippen LogP contribution in [-0.4, -0.2) is 6.18 Å². The molecule has 1 atom stereocenters. The fourth-order valence-corrected chi connectivity index (χ4v) is 3.19. The fourth-order valence-electron chi connectivity index (χ4n) is 1.73. The summed E-state index contributed by atoms with van der Waals surface area (Å²) in [4.78, 5) is 0. The van der Waals surface area contributed by atoms with Gasteiger partial charge in [0.25, 0.3) is 0 Å². The van der Waals surface area contributed by atoms with E-state index in [1.807, 2.05) is 0 Å². The third-order valence-electron chi connectivity index (χ3n) is 2.63. The average molecular weight is 338 g/mol. The minimum atomic E-state index is -4.67. The van der Waals surface area contributed by atoms with Gasteiger partial charge in [0.15, 0.2) is 0 Å². The average Bonchev–Trinajstić information content (AvgIpc) is 2.37. The van der Waals surface area contributed by atoms with Gasteiger partial charge in [0.2, 0.25) is 0 Å². The molecule has 120 valence electrons. The molecule has 0 saturated heterocycles. The summed E-state index contributed by atoms with van der Waals surface area (Å²) in [7, 11) is -0.783. The molecule has 0 radical (unpaired) electrons. The van der Waals surface area contributed by atoms with E-state index in [1.165, 1.54) is 31.2 Å². The minimum absolute atomic E-state index is 0.188. The molecule has 1 aromatic rings. The summed E-state index contributed by atoms with van der Waals surface area (Å²) in [6.07, 6.45) is -6.14. The Bertz CT molecular complexity index is 593. The van der Waals surface area contributed by atoms with E-state index in [2.05, 4.69) is 6.58 Å². The Hall–Kier alpha value is -1.55. The largest absolute Gasteiger partial charge is 0.417 e. The highest BCUT2D eigenvalue weighted by atomic mass is 31.1. The van der Waals surface area contributed by atoms with Gasteiger partial charge in [0.1, 0.15) is 0 Å². The molecule has 0 nitrogen and oxygen atoms in total. The van der Waals surface area contributed by atoms with Crippen molar-refractivity contribution in [3.8, 4) is 0 Å². The lowest BCUT2D eigenvalue weighted by molar-refractivity contribution is -0.136. The Labute approximate surface area is 126 Å². The zero-order valence-corrected chi connectivity index (χ0v) is 12.5. The molecule has 0 fully saturated rings. The molecular weight excluding hydrogens is 325 g/mol. The SMILES string of the molecule is C=C/C(=C(\C=C/C)Pc1ccccc1C(F)(F)F)C(F)(F)F. The number of allylic oxidation sites excluding steroid dienone is 5. The number of hydrogen-bond donors (Lipinski definition) is 0. The Morgan fingerprint density at radius 1 is 1.09 bits per heavy atom. The standard InChI is InChI=1S/C15H13F6P/c1-3-7-12(10(4-2)14(16,17)18)22-13-9-6-5-8-11(13)15(19,20)21/h3-9,22H,2H2,1H3/b7-3-,12-10-. The van der Waals surface area contributed by atoms with Crippen molar-refractivity contribution >= 4 is 13.9 Å². The summed E-state index contributed by atoms with van der Waals surface area (Å²) in [5, 5.41) is -0.423. The molecule has 0 aliphatic rings. The highest BCUT2D eigenvalue weighted by Gasteiger charge is 2.36. The molecule has 0 aromatic heterocycles. The van der Waals surface area contributed by atoms with E-state index in [9.17, 15) is 26.3 Å². The number of alkyl halides is 6. The lowest BCUT2D eigenvalue weighted by atomic mass is 10.2. The van der Waals surface area contributed by atoms with Crippen LogP contribution >= 0.6 is 8.58 Å². The van der Waals surface area contributed by atoms with Crippen molar-refractivity contribution in [3.05, 3.63) is 65.5 Å². The zero-order valence-electron chi connectivity index (χ0n) is 11.5. The molecule has 0 spiro atoms. The molecule has 1 unspecified atom stereocenters. The van der Waals surface area contributed by atoms with Gasteiger partial charge in [-0.05, 0) is 23.6 Å². The van der Waals surface area contributed by atoms with Crippen LogP contribution in [0, 0.1) is 0 Å². The van der Waals surface area contributed by atoms with Gasteiger partial charge >= 0.3 is 12.4 Å². The monoisotopic (exact) mass is 338 g/mol. The van der Waals surface area contributed by atoms with Gasteiger partial charge in [-0.3, -0.25) is 0 Å². The van der Waals surface area contributed by atoms with Crippen molar-refractivity contribution in [1.29, 1.82) is 0 Å². The summed E-state index contributed by atoms with van der Waals surface area (Å²) in [6, 6.07) is 4.61. The van der Waals surface area contributed by atoms with Crippen LogP contribution in [0.15, 0.2) is 60.0 Å². The van der Waals surface area contributed by atoms with Crippen LogP contribution in [0.2, 0.25) is 0 Å². The van der Waals surface area contributed by atoms with Gasteiger partial charge in [0, 0.05) is 0 Å². The third kappa shape index (κ3) is 4.73. The molecule has 22 heavy (non-hydrogen) atoms. The molecule has 0 aliphatic carbocycles. The molecule has 7 heteroatoms. The maximum atomic E-state index is 13.0. The van der Waals surface area contributed by atoms with Crippen LogP contribution < -0.4 is 5.30 Å². The molecule has 0 aliphatic heterocycles. The van der Waals surface area contributed by atoms with Crippen molar-refractivity contribution in [1.82, 2.24) is 0 Å². The summed E-state index contributed by atoms with van der Waals surface area (Å²) >= 11 is 0. The predicted molar refractivity (Wildman–Crippen MR) is 77.5 cm³/mol. The van der Waals surface area contributed by atoms with Gasteiger partial charge in [-0.15, -0.1) is 0 Å². The van der Waals surface area contributed by atoms with E-state index in [0.717, 1.165) is 12.1 Å². The van der Waals surface area contributed by atoms with Crippen LogP contribution in [0.25, 0.3) is 0 Å². The first kappa shape index (κ1) is 18.5. The molecule has 0 heterocycles. The fraction of sp³-hybridized carbons (Fsp3) is 0.200. The molecule has 0 N–H and O–H groups in total. The molecule has 1 aromatic carbocycles. The highest BCUT2D eigenvalue weighted by molar-refractivity contribution is 7.52. The van der Waals surface area contributed by atoms with Gasteiger partial charge in [-0.25, -0.2) is 0 Å². The first-order valence-electron chi connectivity index (χ1n) is 6.11. The van der Waals surface area contributed by atoms with Crippen molar-refractivity contribution < 1.29 is 26.3 Å². The summed E-state index contributed by atoms with van der Waals surface area (Å²) < 4.78 is 77.6. The second-order valence-electron chi connectivity index (χ2n) is 4.20. The topological polar surface area (TPSA) is 0 Å². The van der Waals surface area contributed by atoms with Crippen LogP contribution in [0.4, 0.5) is 26.3 Å². The zero-order chi connectivity index (χ0) is 17.0. The maximum absolute atomic E-state index is 13.0. The van der Waals surface area contributed by atoms with Crippen LogP contribution in [0.1, 0.15) is 12.5 Å². The number of benzene rings is 1. The Morgan fingerprint density at radius 2 is 1.68 bits per heavy atom. The van der Waals surface area contributed by atoms with Crippen LogP contribution in [0.5, 0.6) is 0 Å². The number of halogens is 6. The molecule has 0 amide bonds. The molecular formula is C15H13F6P. The lowest BCUT2D eigenvalue weighted by Gasteiger charge is -2.16. The molecule has 0 saturated carbocycles. The van der Waals surface area contributed by atoms with Gasteiger partial charge in [0.05, 0.1) is 11.1 Å². The number of rotatable bonds is 4. The van der Waals surface area contributed by atoms with Crippen molar-refractivity contribution in [2.45, 2.75) is 19.3 Å². The summed E-state index contributed by atoms with van der Waals surface area (Å²) in [5.74, 6) is 0. The first-order chi connectivity index (χ1) is 10.1. The Morgan fingerprint density at radius 3 is 2.14 bits per heavy atom. The minimum Gasteiger partial charge on any atom is -0.166 e. The second-order valence-corrected chi connectivity index (χ2v) is 5.52. The van der Waals surface area contributed by atoms with E-state index in [1.54, 1.807) is 0 Å². The van der Waals surface area contributed by atoms with Crippen LogP contribution in [-0.2, 0) is 6.18 Å². The highest BCUT2D eigenvalue weighted by Crippen LogP contribution is 2.39. The van der Waals surface area contributed by atoms with Crippen molar-refractivity contribution in [2.75, 3.05) is 0 Å². The van der Waals surface area contributed by atoms with Crippen molar-refractivity contribution in [2.24, 2.45) is 0 Å². The summed E-state index contributed by atoms with van der Waals surface area (Å²) in [6.45, 7) is 4.61. The first-order valence-corrected chi connectivity index (χ1v) is 7.11. The van der Waals surface area contributed by atoms with Crippen molar-refractivity contribution in [3.63, 3.8) is 0 Å². The van der Waals surface area contributed by atoms with E-state index in [0.29, 0.717) is 6.08 Å². The molecule has 0 bridgehead atoms. The Kier molecular flexibility index (Phi) is 6.00. The second kappa shape index (κ2) is 7.14. The van der Waals surface area contributed by atoms with E-state index >= 15 is 0 Å². The number of hydrogen-bond acceptors (Lipinski definition) is 0. The van der Waals surface area contributed by atoms with Gasteiger partial charge in [-0.1, -0.05) is 51.6 Å².